The van der Waals surface area contributed by atoms with E-state index < -0.39 is 0 Å². The van der Waals surface area contributed by atoms with Crippen molar-refractivity contribution in [2.75, 3.05) is 0 Å². The summed E-state index contributed by atoms with van der Waals surface area (Å²) in [5.41, 5.74) is 1.29. The standard InChI is InChI=1S/C13H19NO/c1-10(11-6-3-2-4-7-11)14-12-8-5-9-13(12)15/h2-4,6-7,10,12-15H,5,8-9H2,1H3/t10?,12-,13-/m0/s1. The number of rotatable bonds is 3. The van der Waals surface area contributed by atoms with Gasteiger partial charge in [0.2, 0.25) is 0 Å². The van der Waals surface area contributed by atoms with E-state index in [0.29, 0.717) is 6.04 Å². The molecular formula is C13H19NO. The first-order valence-corrected chi connectivity index (χ1v) is 5.76. The first kappa shape index (κ1) is 10.7. The molecule has 1 fully saturated rings. The van der Waals surface area contributed by atoms with Gasteiger partial charge in [-0.25, -0.2) is 0 Å². The zero-order chi connectivity index (χ0) is 10.7. The molecule has 0 heterocycles. The second-order valence-corrected chi connectivity index (χ2v) is 4.40. The molecule has 0 spiro atoms. The van der Waals surface area contributed by atoms with Crippen molar-refractivity contribution < 1.29 is 5.11 Å². The van der Waals surface area contributed by atoms with Crippen LogP contribution in [0.2, 0.25) is 0 Å². The number of hydrogen-bond acceptors (Lipinski definition) is 2. The third kappa shape index (κ3) is 2.58. The van der Waals surface area contributed by atoms with E-state index in [1.807, 2.05) is 6.07 Å². The molecule has 82 valence electrons. The minimum atomic E-state index is -0.156. The maximum Gasteiger partial charge on any atom is 0.0693 e. The van der Waals surface area contributed by atoms with Gasteiger partial charge in [-0.05, 0) is 31.7 Å². The normalized spacial score (nSPS) is 27.9. The van der Waals surface area contributed by atoms with Crippen molar-refractivity contribution in [3.63, 3.8) is 0 Å². The molecule has 2 rings (SSSR count). The summed E-state index contributed by atoms with van der Waals surface area (Å²) in [6.45, 7) is 2.15. The van der Waals surface area contributed by atoms with E-state index in [0.717, 1.165) is 19.3 Å². The van der Waals surface area contributed by atoms with Gasteiger partial charge >= 0.3 is 0 Å². The lowest BCUT2D eigenvalue weighted by atomic mass is 10.1. The largest absolute Gasteiger partial charge is 0.392 e. The van der Waals surface area contributed by atoms with Crippen molar-refractivity contribution in [1.29, 1.82) is 0 Å². The van der Waals surface area contributed by atoms with Crippen molar-refractivity contribution in [1.82, 2.24) is 5.32 Å². The van der Waals surface area contributed by atoms with E-state index in [1.54, 1.807) is 0 Å². The number of benzene rings is 1. The second-order valence-electron chi connectivity index (χ2n) is 4.40. The molecule has 15 heavy (non-hydrogen) atoms. The Hall–Kier alpha value is -0.860. The second kappa shape index (κ2) is 4.77. The van der Waals surface area contributed by atoms with Gasteiger partial charge in [0.1, 0.15) is 0 Å². The molecule has 0 amide bonds. The van der Waals surface area contributed by atoms with Gasteiger partial charge in [-0.2, -0.15) is 0 Å². The highest BCUT2D eigenvalue weighted by Gasteiger charge is 2.26. The van der Waals surface area contributed by atoms with Gasteiger partial charge in [0, 0.05) is 12.1 Å². The fraction of sp³-hybridized carbons (Fsp3) is 0.538. The third-order valence-corrected chi connectivity index (χ3v) is 3.24. The maximum atomic E-state index is 9.72. The third-order valence-electron chi connectivity index (χ3n) is 3.24. The van der Waals surface area contributed by atoms with Crippen LogP contribution in [0.5, 0.6) is 0 Å². The van der Waals surface area contributed by atoms with Crippen LogP contribution in [0, 0.1) is 0 Å². The highest BCUT2D eigenvalue weighted by atomic mass is 16.3. The smallest absolute Gasteiger partial charge is 0.0693 e. The highest BCUT2D eigenvalue weighted by molar-refractivity contribution is 5.18. The summed E-state index contributed by atoms with van der Waals surface area (Å²) in [6.07, 6.45) is 3.02. The van der Waals surface area contributed by atoms with Gasteiger partial charge < -0.3 is 10.4 Å². The summed E-state index contributed by atoms with van der Waals surface area (Å²) in [4.78, 5) is 0. The van der Waals surface area contributed by atoms with Crippen molar-refractivity contribution in [2.45, 2.75) is 44.4 Å². The van der Waals surface area contributed by atoms with Crippen LogP contribution in [-0.4, -0.2) is 17.3 Å². The van der Waals surface area contributed by atoms with Gasteiger partial charge in [0.15, 0.2) is 0 Å². The Labute approximate surface area is 91.3 Å². The monoisotopic (exact) mass is 205 g/mol. The average molecular weight is 205 g/mol. The first-order valence-electron chi connectivity index (χ1n) is 5.76. The van der Waals surface area contributed by atoms with Gasteiger partial charge in [-0.15, -0.1) is 0 Å². The Morgan fingerprint density at radius 3 is 2.60 bits per heavy atom. The van der Waals surface area contributed by atoms with Crippen molar-refractivity contribution in [3.8, 4) is 0 Å². The quantitative estimate of drug-likeness (QED) is 0.793. The predicted octanol–water partition coefficient (Wildman–Crippen LogP) is 2.25. The fourth-order valence-corrected chi connectivity index (χ4v) is 2.29. The summed E-state index contributed by atoms with van der Waals surface area (Å²) in [6, 6.07) is 11.0. The van der Waals surface area contributed by atoms with Crippen LogP contribution in [0.1, 0.15) is 37.8 Å². The van der Waals surface area contributed by atoms with E-state index in [2.05, 4.69) is 36.5 Å². The topological polar surface area (TPSA) is 32.3 Å². The van der Waals surface area contributed by atoms with E-state index in [9.17, 15) is 5.11 Å². The molecule has 0 aromatic heterocycles. The van der Waals surface area contributed by atoms with Crippen LogP contribution in [0.25, 0.3) is 0 Å². The summed E-state index contributed by atoms with van der Waals surface area (Å²) in [7, 11) is 0. The lowest BCUT2D eigenvalue weighted by molar-refractivity contribution is 0.144. The average Bonchev–Trinajstić information content (AvgIpc) is 2.66. The molecule has 1 aliphatic carbocycles. The van der Waals surface area contributed by atoms with Crippen LogP contribution in [0.4, 0.5) is 0 Å². The van der Waals surface area contributed by atoms with Crippen molar-refractivity contribution >= 4 is 0 Å². The summed E-state index contributed by atoms with van der Waals surface area (Å²) in [5.74, 6) is 0. The molecule has 2 heteroatoms. The summed E-state index contributed by atoms with van der Waals surface area (Å²) >= 11 is 0. The Kier molecular flexibility index (Phi) is 3.39. The molecule has 3 atom stereocenters. The van der Waals surface area contributed by atoms with Crippen LogP contribution >= 0.6 is 0 Å². The molecule has 0 aliphatic heterocycles. The summed E-state index contributed by atoms with van der Waals surface area (Å²) in [5, 5.41) is 13.2. The molecule has 1 saturated carbocycles. The molecule has 1 aromatic carbocycles. The number of hydrogen-bond donors (Lipinski definition) is 2. The molecule has 0 saturated heterocycles. The van der Waals surface area contributed by atoms with E-state index in [4.69, 9.17) is 0 Å². The zero-order valence-electron chi connectivity index (χ0n) is 9.19. The summed E-state index contributed by atoms with van der Waals surface area (Å²) < 4.78 is 0. The maximum absolute atomic E-state index is 9.72. The Morgan fingerprint density at radius 2 is 2.00 bits per heavy atom. The highest BCUT2D eigenvalue weighted by Crippen LogP contribution is 2.22. The van der Waals surface area contributed by atoms with E-state index in [-0.39, 0.29) is 12.1 Å². The SMILES string of the molecule is CC(N[C@H]1CCC[C@@H]1O)c1ccccc1. The molecule has 1 unspecified atom stereocenters. The Morgan fingerprint density at radius 1 is 1.27 bits per heavy atom. The predicted molar refractivity (Wildman–Crippen MR) is 61.6 cm³/mol. The minimum Gasteiger partial charge on any atom is -0.392 e. The van der Waals surface area contributed by atoms with Crippen molar-refractivity contribution in [2.24, 2.45) is 0 Å². The van der Waals surface area contributed by atoms with Crippen LogP contribution in [0.3, 0.4) is 0 Å². The van der Waals surface area contributed by atoms with Crippen molar-refractivity contribution in [3.05, 3.63) is 35.9 Å². The van der Waals surface area contributed by atoms with Crippen LogP contribution in [-0.2, 0) is 0 Å². The molecule has 2 nitrogen and oxygen atoms in total. The van der Waals surface area contributed by atoms with Crippen LogP contribution < -0.4 is 5.32 Å². The van der Waals surface area contributed by atoms with Gasteiger partial charge in [0.25, 0.3) is 0 Å². The Bertz CT molecular complexity index is 299. The lowest BCUT2D eigenvalue weighted by Crippen LogP contribution is -2.37. The molecular weight excluding hydrogens is 186 g/mol. The minimum absolute atomic E-state index is 0.156. The van der Waals surface area contributed by atoms with Crippen LogP contribution in [0.15, 0.2) is 30.3 Å². The van der Waals surface area contributed by atoms with Gasteiger partial charge in [-0.1, -0.05) is 30.3 Å². The first-order chi connectivity index (χ1) is 7.27. The van der Waals surface area contributed by atoms with E-state index >= 15 is 0 Å². The van der Waals surface area contributed by atoms with E-state index in [1.165, 1.54) is 5.56 Å². The molecule has 1 aliphatic rings. The number of nitrogens with one attached hydrogen (secondary N) is 1. The van der Waals surface area contributed by atoms with Gasteiger partial charge in [-0.3, -0.25) is 0 Å². The number of aliphatic hydroxyl groups is 1. The number of aliphatic hydroxyl groups excluding tert-OH is 1. The van der Waals surface area contributed by atoms with Gasteiger partial charge in [0.05, 0.1) is 6.10 Å². The Balaban J connectivity index is 1.95. The molecule has 0 radical (unpaired) electrons. The molecule has 0 bridgehead atoms. The molecule has 2 N–H and O–H groups in total. The zero-order valence-corrected chi connectivity index (χ0v) is 9.19. The fourth-order valence-electron chi connectivity index (χ4n) is 2.29. The lowest BCUT2D eigenvalue weighted by Gasteiger charge is -2.22. The molecule has 1 aromatic rings.